The number of carbonyl (C=O) groups excluding carboxylic acids is 2. The number of hydrogen-bond donors (Lipinski definition) is 1. The smallest absolute Gasteiger partial charge is 0.291 e. The summed E-state index contributed by atoms with van der Waals surface area (Å²) < 4.78 is 21.7. The fraction of sp³-hybridized carbons (Fsp3) is 0.250. The van der Waals surface area contributed by atoms with Crippen LogP contribution >= 0.6 is 0 Å². The average Bonchev–Trinajstić information content (AvgIpc) is 3.53. The Morgan fingerprint density at radius 2 is 1.69 bits per heavy atom. The molecular weight excluding hydrogens is 445 g/mol. The minimum absolute atomic E-state index is 0.0370. The number of amides is 1. The molecule has 35 heavy (non-hydrogen) atoms. The number of imidazole rings is 1. The van der Waals surface area contributed by atoms with Gasteiger partial charge in [0.15, 0.2) is 17.3 Å². The van der Waals surface area contributed by atoms with Crippen molar-refractivity contribution in [1.29, 1.82) is 0 Å². The summed E-state index contributed by atoms with van der Waals surface area (Å²) in [6.45, 7) is 1.50. The third kappa shape index (κ3) is 4.80. The van der Waals surface area contributed by atoms with E-state index in [0.29, 0.717) is 28.7 Å². The van der Waals surface area contributed by atoms with Crippen molar-refractivity contribution in [2.24, 2.45) is 0 Å². The molecule has 0 aliphatic heterocycles. The van der Waals surface area contributed by atoms with Gasteiger partial charge in [-0.3, -0.25) is 9.59 Å². The lowest BCUT2D eigenvalue weighted by Crippen LogP contribution is -2.13. The zero-order chi connectivity index (χ0) is 24.4. The topological polar surface area (TPSA) is 77.1 Å². The number of Topliss-reactive ketones (excluding diaryl/α,β-unsaturated/α-hetero) is 1. The molecule has 0 unspecified atom stereocenters. The number of hydrogen-bond acceptors (Lipinski definition) is 4. The SMILES string of the molecule is CC(=O)c1ccc(NC(=O)c2ccc(-c3c(-c4ccc(F)cc4)ncn3C3CCCCC3)o2)cc1. The molecule has 0 saturated heterocycles. The summed E-state index contributed by atoms with van der Waals surface area (Å²) in [4.78, 5) is 29.0. The largest absolute Gasteiger partial charge is 0.449 e. The van der Waals surface area contributed by atoms with E-state index in [0.717, 1.165) is 36.9 Å². The predicted molar refractivity (Wildman–Crippen MR) is 132 cm³/mol. The molecule has 2 aromatic heterocycles. The maximum absolute atomic E-state index is 13.5. The van der Waals surface area contributed by atoms with Crippen LogP contribution in [-0.4, -0.2) is 21.2 Å². The first-order chi connectivity index (χ1) is 17.0. The quantitative estimate of drug-likeness (QED) is 0.310. The first-order valence-corrected chi connectivity index (χ1v) is 11.8. The first kappa shape index (κ1) is 22.8. The number of nitrogens with one attached hydrogen (secondary N) is 1. The highest BCUT2D eigenvalue weighted by molar-refractivity contribution is 6.03. The summed E-state index contributed by atoms with van der Waals surface area (Å²) in [6.07, 6.45) is 7.46. The van der Waals surface area contributed by atoms with Gasteiger partial charge in [0, 0.05) is 22.9 Å². The van der Waals surface area contributed by atoms with E-state index < -0.39 is 0 Å². The molecular formula is C28H26FN3O3. The molecule has 7 heteroatoms. The van der Waals surface area contributed by atoms with Crippen LogP contribution in [0, 0.1) is 5.82 Å². The number of ketones is 1. The molecule has 0 bridgehead atoms. The lowest BCUT2D eigenvalue weighted by molar-refractivity contribution is 0.0995. The van der Waals surface area contributed by atoms with Gasteiger partial charge in [0.05, 0.1) is 12.0 Å². The molecule has 0 spiro atoms. The van der Waals surface area contributed by atoms with Crippen molar-refractivity contribution in [3.8, 4) is 22.7 Å². The van der Waals surface area contributed by atoms with Gasteiger partial charge in [0.25, 0.3) is 5.91 Å². The fourth-order valence-electron chi connectivity index (χ4n) is 4.63. The Labute approximate surface area is 202 Å². The standard InChI is InChI=1S/C28H26FN3O3/c1-18(33)19-9-13-22(14-10-19)31-28(34)25-16-15-24(35-25)27-26(20-7-11-21(29)12-8-20)30-17-32(27)23-5-3-2-4-6-23/h7-17,23H,2-6H2,1H3,(H,31,34). The monoisotopic (exact) mass is 471 g/mol. The zero-order valence-corrected chi connectivity index (χ0v) is 19.5. The molecule has 0 atom stereocenters. The van der Waals surface area contributed by atoms with E-state index in [-0.39, 0.29) is 23.3 Å². The number of anilines is 1. The van der Waals surface area contributed by atoms with Gasteiger partial charge in [-0.05, 0) is 80.4 Å². The molecule has 5 rings (SSSR count). The molecule has 1 saturated carbocycles. The zero-order valence-electron chi connectivity index (χ0n) is 19.5. The van der Waals surface area contributed by atoms with Crippen molar-refractivity contribution in [2.45, 2.75) is 45.1 Å². The molecule has 1 aliphatic rings. The van der Waals surface area contributed by atoms with Crippen LogP contribution in [0.2, 0.25) is 0 Å². The van der Waals surface area contributed by atoms with Gasteiger partial charge in [-0.15, -0.1) is 0 Å². The summed E-state index contributed by atoms with van der Waals surface area (Å²) in [7, 11) is 0. The van der Waals surface area contributed by atoms with Crippen LogP contribution < -0.4 is 5.32 Å². The first-order valence-electron chi connectivity index (χ1n) is 11.8. The lowest BCUT2D eigenvalue weighted by Gasteiger charge is -2.24. The van der Waals surface area contributed by atoms with Crippen molar-refractivity contribution in [3.63, 3.8) is 0 Å². The van der Waals surface area contributed by atoms with Crippen molar-refractivity contribution in [1.82, 2.24) is 9.55 Å². The van der Waals surface area contributed by atoms with Gasteiger partial charge in [-0.2, -0.15) is 0 Å². The maximum atomic E-state index is 13.5. The number of benzene rings is 2. The van der Waals surface area contributed by atoms with Crippen LogP contribution in [0.5, 0.6) is 0 Å². The summed E-state index contributed by atoms with van der Waals surface area (Å²) in [5, 5.41) is 2.81. The Morgan fingerprint density at radius 1 is 0.971 bits per heavy atom. The van der Waals surface area contributed by atoms with Crippen LogP contribution in [0.3, 0.4) is 0 Å². The molecule has 1 amide bonds. The fourth-order valence-corrected chi connectivity index (χ4v) is 4.63. The van der Waals surface area contributed by atoms with Gasteiger partial charge >= 0.3 is 0 Å². The number of carbonyl (C=O) groups is 2. The van der Waals surface area contributed by atoms with E-state index in [1.54, 1.807) is 48.5 Å². The highest BCUT2D eigenvalue weighted by atomic mass is 19.1. The number of rotatable bonds is 6. The Bertz CT molecular complexity index is 1350. The van der Waals surface area contributed by atoms with Crippen LogP contribution in [-0.2, 0) is 0 Å². The van der Waals surface area contributed by atoms with Crippen molar-refractivity contribution in [2.75, 3.05) is 5.32 Å². The Balaban J connectivity index is 1.46. The molecule has 6 nitrogen and oxygen atoms in total. The minimum Gasteiger partial charge on any atom is -0.449 e. The third-order valence-corrected chi connectivity index (χ3v) is 6.49. The van der Waals surface area contributed by atoms with Crippen LogP contribution in [0.25, 0.3) is 22.7 Å². The van der Waals surface area contributed by atoms with Gasteiger partial charge < -0.3 is 14.3 Å². The second-order valence-electron chi connectivity index (χ2n) is 8.90. The summed E-state index contributed by atoms with van der Waals surface area (Å²) in [5.74, 6) is -0.0409. The van der Waals surface area contributed by atoms with Crippen LogP contribution in [0.15, 0.2) is 71.4 Å². The predicted octanol–water partition coefficient (Wildman–Crippen LogP) is 6.91. The number of halogens is 1. The lowest BCUT2D eigenvalue weighted by atomic mass is 9.95. The normalized spacial score (nSPS) is 14.1. The molecule has 1 fully saturated rings. The Hall–Kier alpha value is -4.00. The summed E-state index contributed by atoms with van der Waals surface area (Å²) >= 11 is 0. The second-order valence-corrected chi connectivity index (χ2v) is 8.90. The van der Waals surface area contributed by atoms with E-state index in [9.17, 15) is 14.0 Å². The van der Waals surface area contributed by atoms with Crippen LogP contribution in [0.4, 0.5) is 10.1 Å². The van der Waals surface area contributed by atoms with Crippen molar-refractivity contribution >= 4 is 17.4 Å². The maximum Gasteiger partial charge on any atom is 0.291 e. The third-order valence-electron chi connectivity index (χ3n) is 6.49. The van der Waals surface area contributed by atoms with Crippen molar-refractivity contribution < 1.29 is 18.4 Å². The Kier molecular flexibility index (Phi) is 6.31. The second kappa shape index (κ2) is 9.70. The van der Waals surface area contributed by atoms with Gasteiger partial charge in [0.2, 0.25) is 0 Å². The number of furan rings is 1. The summed E-state index contributed by atoms with van der Waals surface area (Å²) in [6, 6.07) is 16.6. The molecule has 1 aliphatic carbocycles. The van der Waals surface area contributed by atoms with Gasteiger partial charge in [-0.1, -0.05) is 19.3 Å². The molecule has 178 valence electrons. The Morgan fingerprint density at radius 3 is 2.37 bits per heavy atom. The van der Waals surface area contributed by atoms with E-state index in [2.05, 4.69) is 14.9 Å². The molecule has 1 N–H and O–H groups in total. The molecule has 0 radical (unpaired) electrons. The number of aromatic nitrogens is 2. The van der Waals surface area contributed by atoms with E-state index in [4.69, 9.17) is 4.42 Å². The van der Waals surface area contributed by atoms with Gasteiger partial charge in [-0.25, -0.2) is 9.37 Å². The minimum atomic E-state index is -0.390. The average molecular weight is 472 g/mol. The van der Waals surface area contributed by atoms with Gasteiger partial charge in [0.1, 0.15) is 11.5 Å². The van der Waals surface area contributed by atoms with E-state index >= 15 is 0 Å². The molecule has 4 aromatic rings. The number of nitrogens with zero attached hydrogens (tertiary/aromatic N) is 2. The summed E-state index contributed by atoms with van der Waals surface area (Å²) in [5.41, 5.74) is 3.40. The highest BCUT2D eigenvalue weighted by Crippen LogP contribution is 2.38. The molecule has 2 heterocycles. The van der Waals surface area contributed by atoms with E-state index in [1.165, 1.54) is 25.5 Å². The molecule has 2 aromatic carbocycles. The van der Waals surface area contributed by atoms with Crippen molar-refractivity contribution in [3.05, 3.63) is 84.1 Å². The van der Waals surface area contributed by atoms with Crippen LogP contribution in [0.1, 0.15) is 66.0 Å². The highest BCUT2D eigenvalue weighted by Gasteiger charge is 2.25. The van der Waals surface area contributed by atoms with E-state index in [1.807, 2.05) is 6.33 Å².